The van der Waals surface area contributed by atoms with Crippen LogP contribution in [0.3, 0.4) is 0 Å². The third-order valence-electron chi connectivity index (χ3n) is 4.88. The summed E-state index contributed by atoms with van der Waals surface area (Å²) >= 11 is 0. The first kappa shape index (κ1) is 15.4. The van der Waals surface area contributed by atoms with Crippen LogP contribution >= 0.6 is 0 Å². The summed E-state index contributed by atoms with van der Waals surface area (Å²) in [6, 6.07) is 16.0. The highest BCUT2D eigenvalue weighted by molar-refractivity contribution is 6.78. The van der Waals surface area contributed by atoms with Crippen LogP contribution in [-0.2, 0) is 6.42 Å². The van der Waals surface area contributed by atoms with Crippen molar-refractivity contribution in [3.8, 4) is 11.1 Å². The van der Waals surface area contributed by atoms with Crippen molar-refractivity contribution in [2.24, 2.45) is 0 Å². The number of rotatable bonds is 1. The SMILES string of the molecule is CC(C)(C)B(c1ccc2c(c1)Cc1ccccc1-2)C(C)(C)C. The highest BCUT2D eigenvalue weighted by Gasteiger charge is 2.40. The maximum Gasteiger partial charge on any atom is 0.186 e. The van der Waals surface area contributed by atoms with E-state index in [0.29, 0.717) is 6.71 Å². The second-order valence-electron chi connectivity index (χ2n) is 8.92. The first-order valence-electron chi connectivity index (χ1n) is 8.39. The normalized spacial score (nSPS) is 13.7. The summed E-state index contributed by atoms with van der Waals surface area (Å²) in [4.78, 5) is 0. The Hall–Kier alpha value is -1.50. The minimum absolute atomic E-state index is 0.262. The lowest BCUT2D eigenvalue weighted by atomic mass is 9.21. The van der Waals surface area contributed by atoms with Gasteiger partial charge in [0.1, 0.15) is 0 Å². The molecule has 0 nitrogen and oxygen atoms in total. The van der Waals surface area contributed by atoms with Gasteiger partial charge in [-0.25, -0.2) is 0 Å². The lowest BCUT2D eigenvalue weighted by Crippen LogP contribution is -2.46. The fraction of sp³-hybridized carbons (Fsp3) is 0.429. The standard InChI is InChI=1S/C21H27B/c1-20(2,3)22(21(4,5)6)17-11-12-19-16(14-17)13-15-9-7-8-10-18(15)19/h7-12,14H,13H2,1-6H3. The van der Waals surface area contributed by atoms with E-state index in [1.807, 2.05) is 0 Å². The van der Waals surface area contributed by atoms with Gasteiger partial charge in [-0.1, -0.05) is 100 Å². The summed E-state index contributed by atoms with van der Waals surface area (Å²) < 4.78 is 0. The second kappa shape index (κ2) is 5.01. The fourth-order valence-electron chi connectivity index (χ4n) is 4.64. The van der Waals surface area contributed by atoms with Gasteiger partial charge in [0, 0.05) is 0 Å². The average molecular weight is 290 g/mol. The molecule has 1 aliphatic rings. The van der Waals surface area contributed by atoms with E-state index in [2.05, 4.69) is 84.0 Å². The minimum atomic E-state index is 0.262. The molecule has 2 aromatic carbocycles. The number of benzene rings is 2. The van der Waals surface area contributed by atoms with Gasteiger partial charge < -0.3 is 0 Å². The molecule has 1 heteroatoms. The Morgan fingerprint density at radius 3 is 1.95 bits per heavy atom. The maximum atomic E-state index is 2.47. The van der Waals surface area contributed by atoms with Gasteiger partial charge in [0.15, 0.2) is 6.71 Å². The molecule has 0 heterocycles. The van der Waals surface area contributed by atoms with Gasteiger partial charge in [-0.3, -0.25) is 0 Å². The molecule has 0 unspecified atom stereocenters. The molecule has 0 saturated heterocycles. The maximum absolute atomic E-state index is 2.47. The van der Waals surface area contributed by atoms with Gasteiger partial charge >= 0.3 is 0 Å². The van der Waals surface area contributed by atoms with Crippen LogP contribution < -0.4 is 5.46 Å². The molecule has 0 spiro atoms. The van der Waals surface area contributed by atoms with Gasteiger partial charge in [-0.2, -0.15) is 0 Å². The van der Waals surface area contributed by atoms with Crippen molar-refractivity contribution < 1.29 is 0 Å². The molecule has 2 aromatic rings. The molecule has 22 heavy (non-hydrogen) atoms. The minimum Gasteiger partial charge on any atom is -0.0786 e. The van der Waals surface area contributed by atoms with Crippen molar-refractivity contribution in [1.29, 1.82) is 0 Å². The van der Waals surface area contributed by atoms with Crippen molar-refractivity contribution >= 4 is 12.2 Å². The van der Waals surface area contributed by atoms with E-state index in [4.69, 9.17) is 0 Å². The van der Waals surface area contributed by atoms with Crippen molar-refractivity contribution in [2.45, 2.75) is 58.6 Å². The van der Waals surface area contributed by atoms with Crippen molar-refractivity contribution in [3.63, 3.8) is 0 Å². The average Bonchev–Trinajstić information content (AvgIpc) is 2.72. The van der Waals surface area contributed by atoms with Crippen LogP contribution in [0.15, 0.2) is 42.5 Å². The third-order valence-corrected chi connectivity index (χ3v) is 4.88. The van der Waals surface area contributed by atoms with E-state index < -0.39 is 0 Å². The van der Waals surface area contributed by atoms with Crippen LogP contribution in [0.25, 0.3) is 11.1 Å². The zero-order valence-electron chi connectivity index (χ0n) is 14.8. The molecule has 0 aliphatic heterocycles. The molecule has 0 fully saturated rings. The molecular formula is C21H27B. The Balaban J connectivity index is 2.07. The smallest absolute Gasteiger partial charge is 0.0786 e. The zero-order valence-corrected chi connectivity index (χ0v) is 14.8. The van der Waals surface area contributed by atoms with Gasteiger partial charge in [-0.15, -0.1) is 0 Å². The largest absolute Gasteiger partial charge is 0.186 e. The summed E-state index contributed by atoms with van der Waals surface area (Å²) in [6.45, 7) is 14.7. The number of hydrogen-bond donors (Lipinski definition) is 0. The summed E-state index contributed by atoms with van der Waals surface area (Å²) in [5.41, 5.74) is 7.31. The van der Waals surface area contributed by atoms with Crippen LogP contribution in [-0.4, -0.2) is 6.71 Å². The number of fused-ring (bicyclic) bond motifs is 3. The van der Waals surface area contributed by atoms with Crippen molar-refractivity contribution in [3.05, 3.63) is 53.6 Å². The van der Waals surface area contributed by atoms with E-state index in [9.17, 15) is 0 Å². The second-order valence-corrected chi connectivity index (χ2v) is 8.92. The van der Waals surface area contributed by atoms with Crippen LogP contribution in [0.1, 0.15) is 52.7 Å². The molecular weight excluding hydrogens is 263 g/mol. The molecule has 0 bridgehead atoms. The Bertz CT molecular complexity index is 685. The van der Waals surface area contributed by atoms with Crippen LogP contribution in [0.2, 0.25) is 10.6 Å². The quantitative estimate of drug-likeness (QED) is 0.515. The molecule has 0 atom stereocenters. The predicted molar refractivity (Wildman–Crippen MR) is 99.5 cm³/mol. The highest BCUT2D eigenvalue weighted by Crippen LogP contribution is 2.43. The van der Waals surface area contributed by atoms with Gasteiger partial charge in [-0.05, 0) is 28.7 Å². The van der Waals surface area contributed by atoms with Gasteiger partial charge in [0.05, 0.1) is 0 Å². The first-order valence-corrected chi connectivity index (χ1v) is 8.39. The monoisotopic (exact) mass is 290 g/mol. The van der Waals surface area contributed by atoms with E-state index >= 15 is 0 Å². The summed E-state index contributed by atoms with van der Waals surface area (Å²) in [6.07, 6.45) is 1.08. The van der Waals surface area contributed by atoms with Crippen molar-refractivity contribution in [1.82, 2.24) is 0 Å². The molecule has 1 aliphatic carbocycles. The van der Waals surface area contributed by atoms with Crippen LogP contribution in [0.4, 0.5) is 0 Å². The lowest BCUT2D eigenvalue weighted by molar-refractivity contribution is 0.653. The van der Waals surface area contributed by atoms with Crippen molar-refractivity contribution in [2.75, 3.05) is 0 Å². The van der Waals surface area contributed by atoms with E-state index in [1.165, 1.54) is 27.7 Å². The Labute approximate surface area is 136 Å². The van der Waals surface area contributed by atoms with Gasteiger partial charge in [0.25, 0.3) is 0 Å². The molecule has 0 amide bonds. The summed E-state index contributed by atoms with van der Waals surface area (Å²) in [7, 11) is 0. The highest BCUT2D eigenvalue weighted by atomic mass is 14.2. The van der Waals surface area contributed by atoms with Gasteiger partial charge in [0.2, 0.25) is 0 Å². The summed E-state index contributed by atoms with van der Waals surface area (Å²) in [5, 5.41) is 0.524. The third kappa shape index (κ3) is 2.62. The topological polar surface area (TPSA) is 0 Å². The van der Waals surface area contributed by atoms with Crippen LogP contribution in [0.5, 0.6) is 0 Å². The Morgan fingerprint density at radius 1 is 0.727 bits per heavy atom. The Kier molecular flexibility index (Phi) is 3.51. The lowest BCUT2D eigenvalue weighted by Gasteiger charge is -2.38. The number of hydrogen-bond acceptors (Lipinski definition) is 0. The molecule has 114 valence electrons. The molecule has 0 saturated carbocycles. The van der Waals surface area contributed by atoms with E-state index in [1.54, 1.807) is 0 Å². The molecule has 0 radical (unpaired) electrons. The molecule has 0 N–H and O–H groups in total. The molecule has 3 rings (SSSR count). The first-order chi connectivity index (χ1) is 10.2. The fourth-order valence-corrected chi connectivity index (χ4v) is 4.64. The zero-order chi connectivity index (χ0) is 16.1. The molecule has 0 aromatic heterocycles. The predicted octanol–water partition coefficient (Wildman–Crippen LogP) is 5.56. The van der Waals surface area contributed by atoms with E-state index in [-0.39, 0.29) is 10.6 Å². The van der Waals surface area contributed by atoms with E-state index in [0.717, 1.165) is 6.42 Å². The summed E-state index contributed by atoms with van der Waals surface area (Å²) in [5.74, 6) is 0. The Morgan fingerprint density at radius 2 is 1.32 bits per heavy atom. The van der Waals surface area contributed by atoms with Crippen LogP contribution in [0, 0.1) is 0 Å².